The highest BCUT2D eigenvalue weighted by molar-refractivity contribution is 9.10. The number of hydrogen-bond donors (Lipinski definition) is 1. The Hall–Kier alpha value is -0.940. The molecule has 3 nitrogen and oxygen atoms in total. The first kappa shape index (κ1) is 14.5. The molecule has 1 aromatic carbocycles. The monoisotopic (exact) mass is 340 g/mol. The number of carbonyl (C=O) groups is 1. The lowest BCUT2D eigenvalue weighted by molar-refractivity contribution is 0.0710. The van der Waals surface area contributed by atoms with Crippen LogP contribution in [0, 0.1) is 12.8 Å². The molecule has 0 saturated carbocycles. The van der Waals surface area contributed by atoms with Crippen LogP contribution in [0.15, 0.2) is 22.7 Å². The normalized spacial score (nSPS) is 16.4. The SMILES string of the molecule is Cc1ccc(C(=O)N2CCC(C(N)=S)CC2)cc1Br. The molecule has 1 amide bonds. The number of benzene rings is 1. The summed E-state index contributed by atoms with van der Waals surface area (Å²) in [6.07, 6.45) is 1.74. The highest BCUT2D eigenvalue weighted by atomic mass is 79.9. The molecule has 0 aromatic heterocycles. The summed E-state index contributed by atoms with van der Waals surface area (Å²) in [4.78, 5) is 14.8. The topological polar surface area (TPSA) is 46.3 Å². The minimum atomic E-state index is 0.0853. The van der Waals surface area contributed by atoms with Crippen molar-refractivity contribution in [1.82, 2.24) is 4.90 Å². The Morgan fingerprint density at radius 1 is 1.42 bits per heavy atom. The Kier molecular flexibility index (Phi) is 4.58. The molecule has 0 atom stereocenters. The largest absolute Gasteiger partial charge is 0.393 e. The summed E-state index contributed by atoms with van der Waals surface area (Å²) in [6, 6.07) is 5.72. The van der Waals surface area contributed by atoms with Gasteiger partial charge in [0.25, 0.3) is 5.91 Å². The molecule has 2 rings (SSSR count). The van der Waals surface area contributed by atoms with Crippen molar-refractivity contribution >= 4 is 39.0 Å². The molecule has 2 N–H and O–H groups in total. The average Bonchev–Trinajstić information content (AvgIpc) is 2.41. The summed E-state index contributed by atoms with van der Waals surface area (Å²) >= 11 is 8.48. The minimum Gasteiger partial charge on any atom is -0.393 e. The van der Waals surface area contributed by atoms with E-state index in [0.29, 0.717) is 4.99 Å². The smallest absolute Gasteiger partial charge is 0.253 e. The second kappa shape index (κ2) is 6.01. The predicted octanol–water partition coefficient (Wildman–Crippen LogP) is 2.90. The number of carbonyl (C=O) groups excluding carboxylic acids is 1. The Bertz CT molecular complexity index is 510. The first-order valence-electron chi connectivity index (χ1n) is 6.34. The molecule has 1 heterocycles. The maximum atomic E-state index is 12.4. The van der Waals surface area contributed by atoms with E-state index in [-0.39, 0.29) is 11.8 Å². The van der Waals surface area contributed by atoms with Crippen molar-refractivity contribution in [1.29, 1.82) is 0 Å². The van der Waals surface area contributed by atoms with Crippen LogP contribution in [-0.4, -0.2) is 28.9 Å². The highest BCUT2D eigenvalue weighted by Gasteiger charge is 2.25. The second-order valence-corrected chi connectivity index (χ2v) is 6.26. The predicted molar refractivity (Wildman–Crippen MR) is 84.3 cm³/mol. The summed E-state index contributed by atoms with van der Waals surface area (Å²) in [7, 11) is 0. The number of nitrogens with zero attached hydrogens (tertiary/aromatic N) is 1. The molecule has 1 aromatic rings. The summed E-state index contributed by atoms with van der Waals surface area (Å²) in [5.74, 6) is 0.367. The molecule has 1 aliphatic heterocycles. The van der Waals surface area contributed by atoms with Gasteiger partial charge in [0, 0.05) is 29.0 Å². The molecule has 1 saturated heterocycles. The third-order valence-electron chi connectivity index (χ3n) is 3.60. The summed E-state index contributed by atoms with van der Waals surface area (Å²) < 4.78 is 0.969. The van der Waals surface area contributed by atoms with Gasteiger partial charge in [0.1, 0.15) is 0 Å². The van der Waals surface area contributed by atoms with Crippen molar-refractivity contribution in [3.8, 4) is 0 Å². The molecule has 0 bridgehead atoms. The third kappa shape index (κ3) is 3.34. The van der Waals surface area contributed by atoms with E-state index >= 15 is 0 Å². The van der Waals surface area contributed by atoms with Gasteiger partial charge in [-0.25, -0.2) is 0 Å². The Labute approximate surface area is 127 Å². The second-order valence-electron chi connectivity index (χ2n) is 4.93. The fraction of sp³-hybridized carbons (Fsp3) is 0.429. The standard InChI is InChI=1S/C14H17BrN2OS/c1-9-2-3-11(8-12(9)15)14(18)17-6-4-10(5-7-17)13(16)19/h2-3,8,10H,4-7H2,1H3,(H2,16,19). The maximum Gasteiger partial charge on any atom is 0.253 e. The van der Waals surface area contributed by atoms with Gasteiger partial charge >= 0.3 is 0 Å². The van der Waals surface area contributed by atoms with Gasteiger partial charge in [0.05, 0.1) is 4.99 Å². The Morgan fingerprint density at radius 3 is 2.58 bits per heavy atom. The van der Waals surface area contributed by atoms with E-state index in [9.17, 15) is 4.79 Å². The van der Waals surface area contributed by atoms with Crippen LogP contribution >= 0.6 is 28.1 Å². The van der Waals surface area contributed by atoms with E-state index in [0.717, 1.165) is 41.5 Å². The van der Waals surface area contributed by atoms with E-state index in [1.165, 1.54) is 0 Å². The van der Waals surface area contributed by atoms with Crippen LogP contribution in [-0.2, 0) is 0 Å². The first-order valence-corrected chi connectivity index (χ1v) is 7.54. The highest BCUT2D eigenvalue weighted by Crippen LogP contribution is 2.22. The zero-order valence-electron chi connectivity index (χ0n) is 10.9. The van der Waals surface area contributed by atoms with Crippen molar-refractivity contribution in [3.63, 3.8) is 0 Å². The van der Waals surface area contributed by atoms with E-state index in [4.69, 9.17) is 18.0 Å². The van der Waals surface area contributed by atoms with Crippen molar-refractivity contribution < 1.29 is 4.79 Å². The fourth-order valence-corrected chi connectivity index (χ4v) is 2.89. The zero-order chi connectivity index (χ0) is 14.0. The molecular weight excluding hydrogens is 324 g/mol. The number of hydrogen-bond acceptors (Lipinski definition) is 2. The van der Waals surface area contributed by atoms with Crippen LogP contribution in [0.2, 0.25) is 0 Å². The van der Waals surface area contributed by atoms with E-state index in [1.807, 2.05) is 30.0 Å². The molecule has 1 fully saturated rings. The molecule has 1 aliphatic rings. The molecular formula is C14H17BrN2OS. The summed E-state index contributed by atoms with van der Waals surface area (Å²) in [5.41, 5.74) is 7.51. The first-order chi connectivity index (χ1) is 8.99. The summed E-state index contributed by atoms with van der Waals surface area (Å²) in [5, 5.41) is 0. The van der Waals surface area contributed by atoms with Crippen LogP contribution in [0.3, 0.4) is 0 Å². The van der Waals surface area contributed by atoms with Crippen molar-refractivity contribution in [2.24, 2.45) is 11.7 Å². The van der Waals surface area contributed by atoms with Gasteiger partial charge in [-0.05, 0) is 37.5 Å². The Morgan fingerprint density at radius 2 is 2.05 bits per heavy atom. The number of piperidine rings is 1. The van der Waals surface area contributed by atoms with Crippen LogP contribution in [0.25, 0.3) is 0 Å². The number of aryl methyl sites for hydroxylation is 1. The molecule has 0 spiro atoms. The van der Waals surface area contributed by atoms with Crippen molar-refractivity contribution in [2.75, 3.05) is 13.1 Å². The lowest BCUT2D eigenvalue weighted by Gasteiger charge is -2.31. The van der Waals surface area contributed by atoms with E-state index in [1.54, 1.807) is 0 Å². The number of nitrogens with two attached hydrogens (primary N) is 1. The van der Waals surface area contributed by atoms with Gasteiger partial charge in [0.15, 0.2) is 0 Å². The molecule has 19 heavy (non-hydrogen) atoms. The number of thiocarbonyl (C=S) groups is 1. The zero-order valence-corrected chi connectivity index (χ0v) is 13.3. The lowest BCUT2D eigenvalue weighted by Crippen LogP contribution is -2.41. The third-order valence-corrected chi connectivity index (χ3v) is 4.79. The molecule has 0 radical (unpaired) electrons. The average molecular weight is 341 g/mol. The van der Waals surface area contributed by atoms with Gasteiger partial charge in [-0.1, -0.05) is 34.2 Å². The quantitative estimate of drug-likeness (QED) is 0.842. The van der Waals surface area contributed by atoms with Gasteiger partial charge in [0.2, 0.25) is 0 Å². The van der Waals surface area contributed by atoms with Crippen LogP contribution in [0.5, 0.6) is 0 Å². The fourth-order valence-electron chi connectivity index (χ4n) is 2.28. The van der Waals surface area contributed by atoms with Crippen LogP contribution in [0.4, 0.5) is 0 Å². The number of likely N-dealkylation sites (tertiary alicyclic amines) is 1. The minimum absolute atomic E-state index is 0.0853. The van der Waals surface area contributed by atoms with Gasteiger partial charge < -0.3 is 10.6 Å². The maximum absolute atomic E-state index is 12.4. The number of halogens is 1. The molecule has 5 heteroatoms. The van der Waals surface area contributed by atoms with Crippen molar-refractivity contribution in [3.05, 3.63) is 33.8 Å². The summed E-state index contributed by atoms with van der Waals surface area (Å²) in [6.45, 7) is 3.46. The van der Waals surface area contributed by atoms with Gasteiger partial charge in [-0.3, -0.25) is 4.79 Å². The van der Waals surface area contributed by atoms with Crippen molar-refractivity contribution in [2.45, 2.75) is 19.8 Å². The van der Waals surface area contributed by atoms with E-state index < -0.39 is 0 Å². The molecule has 0 unspecified atom stereocenters. The van der Waals surface area contributed by atoms with Gasteiger partial charge in [-0.2, -0.15) is 0 Å². The Balaban J connectivity index is 2.05. The van der Waals surface area contributed by atoms with Crippen LogP contribution < -0.4 is 5.73 Å². The van der Waals surface area contributed by atoms with E-state index in [2.05, 4.69) is 15.9 Å². The number of amides is 1. The molecule has 102 valence electrons. The van der Waals surface area contributed by atoms with Gasteiger partial charge in [-0.15, -0.1) is 0 Å². The molecule has 0 aliphatic carbocycles. The lowest BCUT2D eigenvalue weighted by atomic mass is 9.96. The van der Waals surface area contributed by atoms with Crippen LogP contribution in [0.1, 0.15) is 28.8 Å². The number of rotatable bonds is 2.